The van der Waals surface area contributed by atoms with Gasteiger partial charge in [0.1, 0.15) is 0 Å². The summed E-state index contributed by atoms with van der Waals surface area (Å²) in [6.45, 7) is 0.846. The van der Waals surface area contributed by atoms with E-state index in [1.165, 1.54) is 12.8 Å². The largest absolute Gasteiger partial charge is 0.393 e. The fourth-order valence-corrected chi connectivity index (χ4v) is 1.64. The summed E-state index contributed by atoms with van der Waals surface area (Å²) in [5.41, 5.74) is 5.51. The van der Waals surface area contributed by atoms with E-state index in [1.54, 1.807) is 6.20 Å². The van der Waals surface area contributed by atoms with E-state index in [0.717, 1.165) is 18.8 Å². The third-order valence-corrected chi connectivity index (χ3v) is 2.64. The Morgan fingerprint density at radius 2 is 2.40 bits per heavy atom. The van der Waals surface area contributed by atoms with Crippen molar-refractivity contribution >= 4 is 23.0 Å². The van der Waals surface area contributed by atoms with E-state index >= 15 is 0 Å². The highest BCUT2D eigenvalue weighted by molar-refractivity contribution is 7.80. The number of aromatic nitrogens is 2. The van der Waals surface area contributed by atoms with Gasteiger partial charge in [-0.1, -0.05) is 12.2 Å². The third kappa shape index (κ3) is 2.86. The van der Waals surface area contributed by atoms with E-state index in [0.29, 0.717) is 11.0 Å². The van der Waals surface area contributed by atoms with Crippen molar-refractivity contribution in [2.75, 3.05) is 11.4 Å². The Hall–Kier alpha value is -1.23. The molecule has 1 aliphatic rings. The Morgan fingerprint density at radius 1 is 1.60 bits per heavy atom. The van der Waals surface area contributed by atoms with Gasteiger partial charge in [-0.05, 0) is 25.0 Å². The number of anilines is 1. The molecule has 5 heteroatoms. The van der Waals surface area contributed by atoms with E-state index in [4.69, 9.17) is 18.0 Å². The molecule has 1 fully saturated rings. The molecule has 1 heterocycles. The molecule has 1 aromatic heterocycles. The van der Waals surface area contributed by atoms with Gasteiger partial charge < -0.3 is 10.6 Å². The van der Waals surface area contributed by atoms with Crippen LogP contribution in [0, 0.1) is 0 Å². The summed E-state index contributed by atoms with van der Waals surface area (Å²) in [6, 6.07) is 4.49. The molecular weight excluding hydrogens is 208 g/mol. The van der Waals surface area contributed by atoms with Gasteiger partial charge in [-0.25, -0.2) is 0 Å². The number of nitrogens with two attached hydrogens (primary N) is 1. The number of hydrogen-bond acceptors (Lipinski definition) is 4. The Kier molecular flexibility index (Phi) is 3.11. The SMILES string of the molecule is NC(=S)CCN(c1cccnn1)C1CC1. The quantitative estimate of drug-likeness (QED) is 0.757. The molecule has 0 unspecified atom stereocenters. The van der Waals surface area contributed by atoms with Crippen LogP contribution in [-0.2, 0) is 0 Å². The van der Waals surface area contributed by atoms with Crippen LogP contribution in [0.15, 0.2) is 18.3 Å². The first kappa shape index (κ1) is 10.3. The first-order chi connectivity index (χ1) is 7.27. The van der Waals surface area contributed by atoms with Crippen LogP contribution in [0.25, 0.3) is 0 Å². The average molecular weight is 222 g/mol. The summed E-state index contributed by atoms with van der Waals surface area (Å²) < 4.78 is 0. The molecule has 2 N–H and O–H groups in total. The van der Waals surface area contributed by atoms with Crippen LogP contribution in [0.4, 0.5) is 5.82 Å². The predicted molar refractivity (Wildman–Crippen MR) is 63.8 cm³/mol. The fraction of sp³-hybridized carbons (Fsp3) is 0.500. The zero-order valence-electron chi connectivity index (χ0n) is 8.47. The Balaban J connectivity index is 2.03. The first-order valence-corrected chi connectivity index (χ1v) is 5.51. The number of nitrogens with zero attached hydrogens (tertiary/aromatic N) is 3. The van der Waals surface area contributed by atoms with Crippen molar-refractivity contribution < 1.29 is 0 Å². The van der Waals surface area contributed by atoms with Crippen molar-refractivity contribution in [1.29, 1.82) is 0 Å². The van der Waals surface area contributed by atoms with Gasteiger partial charge in [0.2, 0.25) is 0 Å². The molecule has 0 aromatic carbocycles. The highest BCUT2D eigenvalue weighted by Crippen LogP contribution is 2.30. The molecule has 0 bridgehead atoms. The van der Waals surface area contributed by atoms with Gasteiger partial charge in [-0.15, -0.1) is 5.10 Å². The van der Waals surface area contributed by atoms with Crippen LogP contribution in [0.5, 0.6) is 0 Å². The van der Waals surface area contributed by atoms with Crippen molar-refractivity contribution in [2.24, 2.45) is 5.73 Å². The van der Waals surface area contributed by atoms with Crippen LogP contribution in [0.1, 0.15) is 19.3 Å². The molecule has 0 amide bonds. The minimum atomic E-state index is 0.560. The van der Waals surface area contributed by atoms with Crippen LogP contribution >= 0.6 is 12.2 Å². The Bertz CT molecular complexity index is 337. The monoisotopic (exact) mass is 222 g/mol. The summed E-state index contributed by atoms with van der Waals surface area (Å²) in [6.07, 6.45) is 4.88. The van der Waals surface area contributed by atoms with Crippen LogP contribution < -0.4 is 10.6 Å². The summed E-state index contributed by atoms with van der Waals surface area (Å²) in [4.78, 5) is 2.80. The van der Waals surface area contributed by atoms with Gasteiger partial charge >= 0.3 is 0 Å². The van der Waals surface area contributed by atoms with E-state index in [1.807, 2.05) is 12.1 Å². The molecule has 0 radical (unpaired) electrons. The summed E-state index contributed by atoms with van der Waals surface area (Å²) in [5, 5.41) is 8.00. The van der Waals surface area contributed by atoms with E-state index in [9.17, 15) is 0 Å². The highest BCUT2D eigenvalue weighted by atomic mass is 32.1. The molecule has 1 saturated carbocycles. The fourth-order valence-electron chi connectivity index (χ4n) is 1.55. The molecule has 2 rings (SSSR count). The van der Waals surface area contributed by atoms with Crippen LogP contribution in [0.3, 0.4) is 0 Å². The van der Waals surface area contributed by atoms with Crippen molar-refractivity contribution in [3.05, 3.63) is 18.3 Å². The van der Waals surface area contributed by atoms with E-state index in [-0.39, 0.29) is 0 Å². The minimum Gasteiger partial charge on any atom is -0.393 e. The van der Waals surface area contributed by atoms with Gasteiger partial charge in [-0.3, -0.25) is 0 Å². The van der Waals surface area contributed by atoms with Gasteiger partial charge in [0.25, 0.3) is 0 Å². The maximum absolute atomic E-state index is 5.51. The molecule has 4 nitrogen and oxygen atoms in total. The second-order valence-electron chi connectivity index (χ2n) is 3.72. The molecule has 0 aliphatic heterocycles. The van der Waals surface area contributed by atoms with Gasteiger partial charge in [0, 0.05) is 25.2 Å². The maximum atomic E-state index is 5.51. The molecule has 0 atom stereocenters. The molecular formula is C10H14N4S. The van der Waals surface area contributed by atoms with Crippen LogP contribution in [0.2, 0.25) is 0 Å². The van der Waals surface area contributed by atoms with Gasteiger partial charge in [-0.2, -0.15) is 5.10 Å². The zero-order chi connectivity index (χ0) is 10.7. The van der Waals surface area contributed by atoms with E-state index < -0.39 is 0 Å². The molecule has 1 aliphatic carbocycles. The lowest BCUT2D eigenvalue weighted by Gasteiger charge is -2.22. The van der Waals surface area contributed by atoms with E-state index in [2.05, 4.69) is 15.1 Å². The van der Waals surface area contributed by atoms with Crippen molar-refractivity contribution in [3.8, 4) is 0 Å². The lowest BCUT2D eigenvalue weighted by Crippen LogP contribution is -2.30. The Labute approximate surface area is 94.5 Å². The second kappa shape index (κ2) is 4.53. The summed E-state index contributed by atoms with van der Waals surface area (Å²) >= 11 is 4.89. The van der Waals surface area contributed by atoms with Gasteiger partial charge in [0.15, 0.2) is 5.82 Å². The second-order valence-corrected chi connectivity index (χ2v) is 4.25. The lowest BCUT2D eigenvalue weighted by atomic mass is 10.3. The molecule has 0 spiro atoms. The van der Waals surface area contributed by atoms with Crippen molar-refractivity contribution in [3.63, 3.8) is 0 Å². The average Bonchev–Trinajstić information content (AvgIpc) is 3.03. The number of hydrogen-bond donors (Lipinski definition) is 1. The minimum absolute atomic E-state index is 0.560. The molecule has 80 valence electrons. The number of rotatable bonds is 5. The predicted octanol–water partition coefficient (Wildman–Crippen LogP) is 1.12. The topological polar surface area (TPSA) is 55.0 Å². The van der Waals surface area contributed by atoms with Crippen LogP contribution in [-0.4, -0.2) is 27.8 Å². The maximum Gasteiger partial charge on any atom is 0.151 e. The smallest absolute Gasteiger partial charge is 0.151 e. The van der Waals surface area contributed by atoms with Crippen molar-refractivity contribution in [1.82, 2.24) is 10.2 Å². The standard InChI is InChI=1S/C10H14N4S/c11-9(15)5-7-14(8-3-4-8)10-2-1-6-12-13-10/h1-2,6,8H,3-5,7H2,(H2,11,15). The zero-order valence-corrected chi connectivity index (χ0v) is 9.28. The van der Waals surface area contributed by atoms with Gasteiger partial charge in [0.05, 0.1) is 4.99 Å². The van der Waals surface area contributed by atoms with Crippen molar-refractivity contribution in [2.45, 2.75) is 25.3 Å². The highest BCUT2D eigenvalue weighted by Gasteiger charge is 2.29. The normalized spacial score (nSPS) is 14.9. The Morgan fingerprint density at radius 3 is 2.93 bits per heavy atom. The lowest BCUT2D eigenvalue weighted by molar-refractivity contribution is 0.772. The first-order valence-electron chi connectivity index (χ1n) is 5.10. The third-order valence-electron chi connectivity index (χ3n) is 2.44. The summed E-state index contributed by atoms with van der Waals surface area (Å²) in [7, 11) is 0. The molecule has 0 saturated heterocycles. The molecule has 1 aromatic rings. The summed E-state index contributed by atoms with van der Waals surface area (Å²) in [5.74, 6) is 0.927. The number of thiocarbonyl (C=S) groups is 1. The molecule has 15 heavy (non-hydrogen) atoms.